The van der Waals surface area contributed by atoms with Crippen LogP contribution < -0.4 is 10.6 Å². The van der Waals surface area contributed by atoms with Crippen LogP contribution in [-0.4, -0.2) is 18.5 Å². The number of carbonyl (C=O) groups excluding carboxylic acids is 1. The average Bonchev–Trinajstić information content (AvgIpc) is 2.79. The van der Waals surface area contributed by atoms with Gasteiger partial charge in [-0.25, -0.2) is 0 Å². The first-order valence-corrected chi connectivity index (χ1v) is 5.99. The molecule has 3 nitrogen and oxygen atoms in total. The maximum absolute atomic E-state index is 11.7. The lowest BCUT2D eigenvalue weighted by Gasteiger charge is -2.12. The van der Waals surface area contributed by atoms with Gasteiger partial charge in [-0.2, -0.15) is 0 Å². The molecule has 0 saturated heterocycles. The predicted molar refractivity (Wildman–Crippen MR) is 70.0 cm³/mol. The van der Waals surface area contributed by atoms with E-state index in [0.29, 0.717) is 12.6 Å². The summed E-state index contributed by atoms with van der Waals surface area (Å²) in [7, 11) is 0. The van der Waals surface area contributed by atoms with Crippen LogP contribution >= 0.6 is 0 Å². The van der Waals surface area contributed by atoms with Crippen molar-refractivity contribution in [2.24, 2.45) is 0 Å². The molecule has 0 saturated carbocycles. The Morgan fingerprint density at radius 1 is 1.35 bits per heavy atom. The highest BCUT2D eigenvalue weighted by Crippen LogP contribution is 2.10. The third-order valence-electron chi connectivity index (χ3n) is 2.86. The molecule has 0 fully saturated rings. The molecule has 17 heavy (non-hydrogen) atoms. The van der Waals surface area contributed by atoms with E-state index in [-0.39, 0.29) is 5.91 Å². The number of hydrogen-bond donors (Lipinski definition) is 2. The molecule has 3 heteroatoms. The van der Waals surface area contributed by atoms with Crippen LogP contribution in [-0.2, 0) is 4.79 Å². The first-order chi connectivity index (χ1) is 8.24. The third-order valence-corrected chi connectivity index (χ3v) is 2.86. The minimum Gasteiger partial charge on any atom is -0.325 e. The van der Waals surface area contributed by atoms with Crippen LogP contribution in [0.5, 0.6) is 0 Å². The van der Waals surface area contributed by atoms with Gasteiger partial charge in [-0.15, -0.1) is 0 Å². The van der Waals surface area contributed by atoms with Gasteiger partial charge in [0.1, 0.15) is 0 Å². The van der Waals surface area contributed by atoms with Crippen molar-refractivity contribution >= 4 is 11.6 Å². The van der Waals surface area contributed by atoms with E-state index < -0.39 is 0 Å². The van der Waals surface area contributed by atoms with E-state index in [9.17, 15) is 4.79 Å². The minimum absolute atomic E-state index is 0.0162. The van der Waals surface area contributed by atoms with Crippen LogP contribution in [0, 0.1) is 6.92 Å². The molecular weight excluding hydrogens is 212 g/mol. The van der Waals surface area contributed by atoms with Gasteiger partial charge in [0.25, 0.3) is 0 Å². The van der Waals surface area contributed by atoms with Crippen molar-refractivity contribution in [1.82, 2.24) is 5.32 Å². The lowest BCUT2D eigenvalue weighted by Crippen LogP contribution is -2.34. The third kappa shape index (κ3) is 3.71. The van der Waals surface area contributed by atoms with E-state index in [4.69, 9.17) is 0 Å². The normalized spacial score (nSPS) is 15.1. The van der Waals surface area contributed by atoms with Crippen LogP contribution in [0.1, 0.15) is 18.4 Å². The van der Waals surface area contributed by atoms with Crippen molar-refractivity contribution in [2.45, 2.75) is 25.8 Å². The second kappa shape index (κ2) is 5.64. The number of benzene rings is 1. The molecule has 1 aromatic carbocycles. The highest BCUT2D eigenvalue weighted by molar-refractivity contribution is 5.92. The summed E-state index contributed by atoms with van der Waals surface area (Å²) in [5.74, 6) is 0.0162. The van der Waals surface area contributed by atoms with Gasteiger partial charge >= 0.3 is 0 Å². The van der Waals surface area contributed by atoms with Crippen molar-refractivity contribution in [3.8, 4) is 0 Å². The molecule has 90 valence electrons. The molecule has 0 radical (unpaired) electrons. The number of amides is 1. The Hall–Kier alpha value is -1.61. The lowest BCUT2D eigenvalue weighted by atomic mass is 10.2. The van der Waals surface area contributed by atoms with E-state index in [1.54, 1.807) is 0 Å². The summed E-state index contributed by atoms with van der Waals surface area (Å²) < 4.78 is 0. The Morgan fingerprint density at radius 3 is 2.82 bits per heavy atom. The number of aryl methyl sites for hydroxylation is 1. The van der Waals surface area contributed by atoms with Crippen molar-refractivity contribution in [1.29, 1.82) is 0 Å². The number of rotatable bonds is 4. The van der Waals surface area contributed by atoms with Gasteiger partial charge in [-0.05, 0) is 37.5 Å². The molecule has 0 unspecified atom stereocenters. The summed E-state index contributed by atoms with van der Waals surface area (Å²) in [6.45, 7) is 2.39. The second-order valence-corrected chi connectivity index (χ2v) is 4.44. The smallest absolute Gasteiger partial charge is 0.238 e. The second-order valence-electron chi connectivity index (χ2n) is 4.44. The predicted octanol–water partition coefficient (Wildman–Crippen LogP) is 2.24. The highest BCUT2D eigenvalue weighted by Gasteiger charge is 2.11. The first-order valence-electron chi connectivity index (χ1n) is 5.99. The van der Waals surface area contributed by atoms with E-state index in [1.807, 2.05) is 31.2 Å². The van der Waals surface area contributed by atoms with Crippen LogP contribution in [0.15, 0.2) is 36.4 Å². The molecule has 2 N–H and O–H groups in total. The summed E-state index contributed by atoms with van der Waals surface area (Å²) in [4.78, 5) is 11.7. The summed E-state index contributed by atoms with van der Waals surface area (Å²) in [5.41, 5.74) is 2.01. The molecule has 2 rings (SSSR count). The standard InChI is InChI=1S/C14H18N2O/c1-11-5-4-8-13(9-11)16-14(17)10-15-12-6-2-3-7-12/h2-5,8-9,12,15H,6-7,10H2,1H3,(H,16,17). The van der Waals surface area contributed by atoms with Crippen molar-refractivity contribution in [2.75, 3.05) is 11.9 Å². The highest BCUT2D eigenvalue weighted by atomic mass is 16.1. The fourth-order valence-corrected chi connectivity index (χ4v) is 1.95. The van der Waals surface area contributed by atoms with Crippen LogP contribution in [0.3, 0.4) is 0 Å². The molecule has 0 bridgehead atoms. The topological polar surface area (TPSA) is 41.1 Å². The Morgan fingerprint density at radius 2 is 2.12 bits per heavy atom. The molecule has 1 aromatic rings. The minimum atomic E-state index is 0.0162. The zero-order chi connectivity index (χ0) is 12.1. The Balaban J connectivity index is 1.77. The molecule has 0 spiro atoms. The fourth-order valence-electron chi connectivity index (χ4n) is 1.95. The van der Waals surface area contributed by atoms with E-state index in [2.05, 4.69) is 22.8 Å². The summed E-state index contributed by atoms with van der Waals surface area (Å²) >= 11 is 0. The molecule has 0 heterocycles. The largest absolute Gasteiger partial charge is 0.325 e. The zero-order valence-corrected chi connectivity index (χ0v) is 10.1. The van der Waals surface area contributed by atoms with Gasteiger partial charge in [0, 0.05) is 11.7 Å². The fraction of sp³-hybridized carbons (Fsp3) is 0.357. The molecule has 1 amide bonds. The summed E-state index contributed by atoms with van der Waals surface area (Å²) in [6, 6.07) is 8.26. The molecule has 1 aliphatic rings. The van der Waals surface area contributed by atoms with E-state index >= 15 is 0 Å². The number of carbonyl (C=O) groups is 1. The molecule has 0 atom stereocenters. The van der Waals surface area contributed by atoms with Gasteiger partial charge in [-0.1, -0.05) is 24.3 Å². The quantitative estimate of drug-likeness (QED) is 0.779. The van der Waals surface area contributed by atoms with Gasteiger partial charge in [0.15, 0.2) is 0 Å². The zero-order valence-electron chi connectivity index (χ0n) is 10.1. The van der Waals surface area contributed by atoms with Gasteiger partial charge in [0.05, 0.1) is 6.54 Å². The number of hydrogen-bond acceptors (Lipinski definition) is 2. The average molecular weight is 230 g/mol. The molecule has 1 aliphatic carbocycles. The van der Waals surface area contributed by atoms with Crippen LogP contribution in [0.25, 0.3) is 0 Å². The van der Waals surface area contributed by atoms with Crippen molar-refractivity contribution < 1.29 is 4.79 Å². The molecule has 0 aliphatic heterocycles. The van der Waals surface area contributed by atoms with Crippen molar-refractivity contribution in [3.63, 3.8) is 0 Å². The van der Waals surface area contributed by atoms with Crippen LogP contribution in [0.4, 0.5) is 5.69 Å². The van der Waals surface area contributed by atoms with E-state index in [1.165, 1.54) is 0 Å². The SMILES string of the molecule is Cc1cccc(NC(=O)CNC2CC=CC2)c1. The number of nitrogens with one attached hydrogen (secondary N) is 2. The van der Waals surface area contributed by atoms with Gasteiger partial charge < -0.3 is 10.6 Å². The summed E-state index contributed by atoms with van der Waals surface area (Å²) in [5, 5.41) is 6.13. The summed E-state index contributed by atoms with van der Waals surface area (Å²) in [6.07, 6.45) is 6.35. The van der Waals surface area contributed by atoms with Gasteiger partial charge in [0.2, 0.25) is 5.91 Å². The van der Waals surface area contributed by atoms with Gasteiger partial charge in [-0.3, -0.25) is 4.79 Å². The number of anilines is 1. The molecule has 0 aromatic heterocycles. The Kier molecular flexibility index (Phi) is 3.94. The lowest BCUT2D eigenvalue weighted by molar-refractivity contribution is -0.115. The monoisotopic (exact) mass is 230 g/mol. The Bertz CT molecular complexity index is 418. The Labute approximate surface area is 102 Å². The molecular formula is C14H18N2O. The van der Waals surface area contributed by atoms with Crippen LogP contribution in [0.2, 0.25) is 0 Å². The maximum Gasteiger partial charge on any atom is 0.238 e. The maximum atomic E-state index is 11.7. The first kappa shape index (κ1) is 11.9. The van der Waals surface area contributed by atoms with Crippen molar-refractivity contribution in [3.05, 3.63) is 42.0 Å². The van der Waals surface area contributed by atoms with E-state index in [0.717, 1.165) is 24.1 Å².